The minimum atomic E-state index is -0.147. The summed E-state index contributed by atoms with van der Waals surface area (Å²) in [5.41, 5.74) is 0.915. The van der Waals surface area contributed by atoms with Crippen molar-refractivity contribution in [1.82, 2.24) is 14.3 Å². The lowest BCUT2D eigenvalue weighted by atomic mass is 9.99. The van der Waals surface area contributed by atoms with Gasteiger partial charge in [-0.05, 0) is 44.0 Å². The Bertz CT molecular complexity index is 672. The molecular weight excluding hydrogens is 254 g/mol. The Kier molecular flexibility index (Phi) is 3.44. The molecule has 5 heteroatoms. The Hall–Kier alpha value is -1.88. The Balaban J connectivity index is 1.89. The quantitative estimate of drug-likeness (QED) is 0.903. The van der Waals surface area contributed by atoms with Crippen molar-refractivity contribution in [3.05, 3.63) is 40.4 Å². The van der Waals surface area contributed by atoms with E-state index >= 15 is 0 Å². The van der Waals surface area contributed by atoms with Gasteiger partial charge >= 0.3 is 0 Å². The van der Waals surface area contributed by atoms with E-state index in [0.717, 1.165) is 24.7 Å². The Labute approximate surface area is 117 Å². The van der Waals surface area contributed by atoms with E-state index in [4.69, 9.17) is 0 Å². The molecule has 2 aromatic rings. The van der Waals surface area contributed by atoms with Gasteiger partial charge < -0.3 is 5.11 Å². The van der Waals surface area contributed by atoms with Gasteiger partial charge in [-0.15, -0.1) is 0 Å². The number of aromatic hydroxyl groups is 1. The van der Waals surface area contributed by atoms with E-state index in [1.807, 2.05) is 0 Å². The highest BCUT2D eigenvalue weighted by molar-refractivity contribution is 5.52. The van der Waals surface area contributed by atoms with Crippen molar-refractivity contribution in [3.63, 3.8) is 0 Å². The van der Waals surface area contributed by atoms with Crippen molar-refractivity contribution in [2.45, 2.75) is 26.3 Å². The summed E-state index contributed by atoms with van der Waals surface area (Å²) in [7, 11) is 0. The average molecular weight is 273 g/mol. The Morgan fingerprint density at radius 3 is 2.90 bits per heavy atom. The van der Waals surface area contributed by atoms with Gasteiger partial charge in [0.05, 0.1) is 5.69 Å². The van der Waals surface area contributed by atoms with Crippen molar-refractivity contribution in [3.8, 4) is 5.75 Å². The second-order valence-corrected chi connectivity index (χ2v) is 5.63. The number of likely N-dealkylation sites (tertiary alicyclic amines) is 1. The van der Waals surface area contributed by atoms with E-state index in [-0.39, 0.29) is 11.3 Å². The molecule has 0 bridgehead atoms. The van der Waals surface area contributed by atoms with E-state index in [1.165, 1.54) is 17.2 Å². The van der Waals surface area contributed by atoms with Crippen LogP contribution in [0.1, 0.15) is 25.5 Å². The lowest BCUT2D eigenvalue weighted by molar-refractivity contribution is 0.183. The molecule has 1 N–H and O–H groups in total. The van der Waals surface area contributed by atoms with Gasteiger partial charge in [0, 0.05) is 18.8 Å². The Morgan fingerprint density at radius 2 is 2.15 bits per heavy atom. The summed E-state index contributed by atoms with van der Waals surface area (Å²) >= 11 is 0. The predicted octanol–water partition coefficient (Wildman–Crippen LogP) is 1.63. The summed E-state index contributed by atoms with van der Waals surface area (Å²) in [6.45, 7) is 5.04. The molecule has 20 heavy (non-hydrogen) atoms. The third kappa shape index (κ3) is 2.54. The largest absolute Gasteiger partial charge is 0.504 e. The van der Waals surface area contributed by atoms with E-state index in [0.29, 0.717) is 12.2 Å². The molecule has 106 valence electrons. The fourth-order valence-corrected chi connectivity index (χ4v) is 2.69. The molecule has 0 aromatic carbocycles. The molecular formula is C15H19N3O2. The van der Waals surface area contributed by atoms with Crippen LogP contribution in [0.5, 0.6) is 5.75 Å². The monoisotopic (exact) mass is 273 g/mol. The minimum absolute atomic E-state index is 0.0405. The van der Waals surface area contributed by atoms with Crippen molar-refractivity contribution in [2.24, 2.45) is 5.92 Å². The fourth-order valence-electron chi connectivity index (χ4n) is 2.69. The van der Waals surface area contributed by atoms with E-state index in [1.54, 1.807) is 24.4 Å². The van der Waals surface area contributed by atoms with E-state index in [9.17, 15) is 9.90 Å². The normalized spacial score (nSPS) is 17.6. The molecule has 0 aliphatic carbocycles. The zero-order valence-electron chi connectivity index (χ0n) is 11.6. The highest BCUT2D eigenvalue weighted by Crippen LogP contribution is 2.18. The summed E-state index contributed by atoms with van der Waals surface area (Å²) in [5.74, 6) is 0.823. The summed E-state index contributed by atoms with van der Waals surface area (Å²) in [5, 5.41) is 9.82. The van der Waals surface area contributed by atoms with Crippen LogP contribution < -0.4 is 5.56 Å². The van der Waals surface area contributed by atoms with Gasteiger partial charge in [0.15, 0.2) is 11.4 Å². The highest BCUT2D eigenvalue weighted by Gasteiger charge is 2.17. The van der Waals surface area contributed by atoms with Crippen molar-refractivity contribution in [2.75, 3.05) is 13.1 Å². The molecule has 0 spiro atoms. The van der Waals surface area contributed by atoms with Crippen molar-refractivity contribution in [1.29, 1.82) is 0 Å². The second kappa shape index (κ2) is 5.25. The lowest BCUT2D eigenvalue weighted by Crippen LogP contribution is -2.33. The van der Waals surface area contributed by atoms with Crippen LogP contribution in [-0.4, -0.2) is 32.5 Å². The summed E-state index contributed by atoms with van der Waals surface area (Å²) in [4.78, 5) is 18.8. The third-order valence-electron chi connectivity index (χ3n) is 3.99. The molecule has 5 nitrogen and oxygen atoms in total. The van der Waals surface area contributed by atoms with Crippen LogP contribution >= 0.6 is 0 Å². The molecule has 2 aromatic heterocycles. The second-order valence-electron chi connectivity index (χ2n) is 5.63. The van der Waals surface area contributed by atoms with Gasteiger partial charge in [0.1, 0.15) is 0 Å². The van der Waals surface area contributed by atoms with Crippen LogP contribution in [0, 0.1) is 5.92 Å². The molecule has 3 heterocycles. The van der Waals surface area contributed by atoms with Gasteiger partial charge in [-0.3, -0.25) is 14.1 Å². The van der Waals surface area contributed by atoms with Crippen molar-refractivity contribution < 1.29 is 5.11 Å². The van der Waals surface area contributed by atoms with Crippen LogP contribution in [0.2, 0.25) is 0 Å². The third-order valence-corrected chi connectivity index (χ3v) is 3.99. The zero-order valence-corrected chi connectivity index (χ0v) is 11.6. The van der Waals surface area contributed by atoms with Crippen LogP contribution in [0.25, 0.3) is 5.65 Å². The molecule has 1 saturated heterocycles. The van der Waals surface area contributed by atoms with E-state index < -0.39 is 0 Å². The number of pyridine rings is 1. The number of hydrogen-bond donors (Lipinski definition) is 1. The van der Waals surface area contributed by atoms with Gasteiger partial charge in [-0.2, -0.15) is 0 Å². The molecule has 0 unspecified atom stereocenters. The molecule has 0 saturated carbocycles. The number of hydrogen-bond acceptors (Lipinski definition) is 4. The number of aromatic nitrogens is 2. The minimum Gasteiger partial charge on any atom is -0.504 e. The SMILES string of the molecule is CC1CCN(Cc2cc(=O)n3cccc(O)c3n2)CC1. The first-order valence-electron chi connectivity index (χ1n) is 7.06. The maximum atomic E-state index is 12.0. The number of rotatable bonds is 2. The zero-order chi connectivity index (χ0) is 14.1. The topological polar surface area (TPSA) is 57.8 Å². The van der Waals surface area contributed by atoms with Crippen LogP contribution in [-0.2, 0) is 6.54 Å². The molecule has 3 rings (SSSR count). The van der Waals surface area contributed by atoms with Crippen LogP contribution in [0.3, 0.4) is 0 Å². The first-order valence-corrected chi connectivity index (χ1v) is 7.06. The number of piperidine rings is 1. The predicted molar refractivity (Wildman–Crippen MR) is 76.8 cm³/mol. The summed E-state index contributed by atoms with van der Waals surface area (Å²) in [6.07, 6.45) is 4.01. The number of nitrogens with zero attached hydrogens (tertiary/aromatic N) is 3. The summed E-state index contributed by atoms with van der Waals surface area (Å²) in [6, 6.07) is 4.75. The van der Waals surface area contributed by atoms with Gasteiger partial charge in [0.25, 0.3) is 5.56 Å². The average Bonchev–Trinajstić information content (AvgIpc) is 2.43. The van der Waals surface area contributed by atoms with Crippen molar-refractivity contribution >= 4 is 5.65 Å². The summed E-state index contributed by atoms with van der Waals surface area (Å²) < 4.78 is 1.37. The van der Waals surface area contributed by atoms with Crippen LogP contribution in [0.4, 0.5) is 0 Å². The number of fused-ring (bicyclic) bond motifs is 1. The van der Waals surface area contributed by atoms with Gasteiger partial charge in [0.2, 0.25) is 0 Å². The van der Waals surface area contributed by atoms with E-state index in [2.05, 4.69) is 16.8 Å². The van der Waals surface area contributed by atoms with Crippen LogP contribution in [0.15, 0.2) is 29.2 Å². The lowest BCUT2D eigenvalue weighted by Gasteiger charge is -2.29. The smallest absolute Gasteiger partial charge is 0.258 e. The molecule has 1 fully saturated rings. The standard InChI is InChI=1S/C15H19N3O2/c1-11-4-7-17(8-5-11)10-12-9-14(20)18-6-2-3-13(19)15(18)16-12/h2-3,6,9,11,19H,4-5,7-8,10H2,1H3. The maximum absolute atomic E-state index is 12.0. The molecule has 0 radical (unpaired) electrons. The Morgan fingerprint density at radius 1 is 1.40 bits per heavy atom. The maximum Gasteiger partial charge on any atom is 0.258 e. The molecule has 0 atom stereocenters. The first kappa shape index (κ1) is 13.1. The highest BCUT2D eigenvalue weighted by atomic mass is 16.3. The molecule has 1 aliphatic rings. The van der Waals surface area contributed by atoms with Gasteiger partial charge in [-0.25, -0.2) is 4.98 Å². The molecule has 1 aliphatic heterocycles. The first-order chi connectivity index (χ1) is 9.63. The van der Waals surface area contributed by atoms with Gasteiger partial charge in [-0.1, -0.05) is 6.92 Å². The molecule has 0 amide bonds. The fraction of sp³-hybridized carbons (Fsp3) is 0.467.